The second-order valence-electron chi connectivity index (χ2n) is 5.93. The number of thioether (sulfide) groups is 2. The molecule has 1 fully saturated rings. The lowest BCUT2D eigenvalue weighted by Crippen LogP contribution is -2.31. The maximum absolute atomic E-state index is 12.6. The fourth-order valence-electron chi connectivity index (χ4n) is 2.50. The molecular weight excluding hydrogens is 386 g/mol. The summed E-state index contributed by atoms with van der Waals surface area (Å²) in [5.74, 6) is 0.759. The number of benzene rings is 1. The molecule has 0 bridgehead atoms. The third-order valence-electron chi connectivity index (χ3n) is 3.87. The van der Waals surface area contributed by atoms with E-state index >= 15 is 0 Å². The van der Waals surface area contributed by atoms with Crippen LogP contribution in [0.3, 0.4) is 0 Å². The number of hydrogen-bond acceptors (Lipinski definition) is 6. The van der Waals surface area contributed by atoms with Crippen LogP contribution in [-0.2, 0) is 9.59 Å². The molecule has 2 heterocycles. The molecule has 5 nitrogen and oxygen atoms in total. The number of carbonyl (C=O) groups is 2. The van der Waals surface area contributed by atoms with E-state index in [9.17, 15) is 9.59 Å². The number of nitrogens with zero attached hydrogens (tertiary/aromatic N) is 2. The summed E-state index contributed by atoms with van der Waals surface area (Å²) < 4.78 is 0.546. The Bertz CT molecular complexity index is 787. The van der Waals surface area contributed by atoms with Gasteiger partial charge in [-0.25, -0.2) is 0 Å². The van der Waals surface area contributed by atoms with Crippen LogP contribution in [0.2, 0.25) is 0 Å². The minimum Gasteiger partial charge on any atom is -0.305 e. The smallest absolute Gasteiger partial charge is 0.266 e. The first-order valence-corrected chi connectivity index (χ1v) is 10.5. The number of amidine groups is 1. The number of nitrogens with one attached hydrogen (secondary N) is 1. The van der Waals surface area contributed by atoms with Crippen molar-refractivity contribution in [2.75, 3.05) is 18.8 Å². The van der Waals surface area contributed by atoms with Crippen molar-refractivity contribution >= 4 is 63.1 Å². The zero-order chi connectivity index (χ0) is 18.5. The van der Waals surface area contributed by atoms with Crippen LogP contribution in [0.15, 0.2) is 34.2 Å². The highest BCUT2D eigenvalue weighted by molar-refractivity contribution is 8.26. The topological polar surface area (TPSA) is 61.8 Å². The highest BCUT2D eigenvalue weighted by Gasteiger charge is 2.31. The predicted octanol–water partition coefficient (Wildman–Crippen LogP) is 3.20. The number of amides is 2. The SMILES string of the molecule is Cc1ccc(C=C2SC(=S)N(CCCC(=O)NC3=NCCS3)C2=O)cc1. The van der Waals surface area contributed by atoms with E-state index in [1.807, 2.05) is 37.3 Å². The van der Waals surface area contributed by atoms with Gasteiger partial charge in [0.2, 0.25) is 5.91 Å². The Morgan fingerprint density at radius 3 is 2.85 bits per heavy atom. The van der Waals surface area contributed by atoms with Gasteiger partial charge in [-0.1, -0.05) is 65.6 Å². The number of hydrogen-bond donors (Lipinski definition) is 1. The standard InChI is InChI=1S/C18H19N3O2S3/c1-12-4-6-13(7-5-12)11-14-16(23)21(18(24)26-14)9-2-3-15(22)20-17-19-8-10-25-17/h4-7,11H,2-3,8-10H2,1H3,(H,19,20,22). The van der Waals surface area contributed by atoms with Crippen molar-refractivity contribution in [2.45, 2.75) is 19.8 Å². The van der Waals surface area contributed by atoms with Gasteiger partial charge in [-0.15, -0.1) is 0 Å². The molecule has 0 aromatic heterocycles. The van der Waals surface area contributed by atoms with Gasteiger partial charge in [0.25, 0.3) is 5.91 Å². The van der Waals surface area contributed by atoms with Crippen LogP contribution in [0.5, 0.6) is 0 Å². The number of rotatable bonds is 5. The van der Waals surface area contributed by atoms with Crippen LogP contribution < -0.4 is 5.32 Å². The third kappa shape index (κ3) is 4.96. The van der Waals surface area contributed by atoms with Crippen LogP contribution in [0.4, 0.5) is 0 Å². The molecule has 8 heteroatoms. The molecule has 3 rings (SSSR count). The fourth-order valence-corrected chi connectivity index (χ4v) is 4.55. The van der Waals surface area contributed by atoms with Crippen molar-refractivity contribution in [3.63, 3.8) is 0 Å². The van der Waals surface area contributed by atoms with Gasteiger partial charge in [0.15, 0.2) is 5.17 Å². The minimum absolute atomic E-state index is 0.0706. The summed E-state index contributed by atoms with van der Waals surface area (Å²) in [4.78, 5) is 30.9. The Morgan fingerprint density at radius 2 is 2.15 bits per heavy atom. The zero-order valence-corrected chi connectivity index (χ0v) is 16.8. The van der Waals surface area contributed by atoms with Crippen LogP contribution in [0.25, 0.3) is 6.08 Å². The molecule has 136 valence electrons. The van der Waals surface area contributed by atoms with Crippen molar-refractivity contribution < 1.29 is 9.59 Å². The molecule has 1 saturated heterocycles. The first kappa shape index (κ1) is 19.1. The molecule has 2 aliphatic heterocycles. The minimum atomic E-state index is -0.0864. The van der Waals surface area contributed by atoms with E-state index in [1.54, 1.807) is 16.7 Å². The molecule has 2 aliphatic rings. The number of aliphatic imine (C=N–C) groups is 1. The predicted molar refractivity (Wildman–Crippen MR) is 113 cm³/mol. The Hall–Kier alpha value is -1.64. The Kier molecular flexibility index (Phi) is 6.50. The highest BCUT2D eigenvalue weighted by atomic mass is 32.2. The maximum atomic E-state index is 12.6. The summed E-state index contributed by atoms with van der Waals surface area (Å²) in [6, 6.07) is 7.99. The van der Waals surface area contributed by atoms with Crippen LogP contribution in [-0.4, -0.2) is 45.0 Å². The molecule has 2 amide bonds. The first-order valence-electron chi connectivity index (χ1n) is 8.32. The second-order valence-corrected chi connectivity index (χ2v) is 8.69. The molecule has 0 spiro atoms. The molecule has 0 saturated carbocycles. The van der Waals surface area contributed by atoms with E-state index in [0.29, 0.717) is 33.8 Å². The maximum Gasteiger partial charge on any atom is 0.266 e. The lowest BCUT2D eigenvalue weighted by molar-refractivity contribution is -0.123. The summed E-state index contributed by atoms with van der Waals surface area (Å²) >= 11 is 8.20. The lowest BCUT2D eigenvalue weighted by Gasteiger charge is -2.14. The summed E-state index contributed by atoms with van der Waals surface area (Å²) in [5, 5.41) is 3.49. The van der Waals surface area contributed by atoms with Gasteiger partial charge in [-0.05, 0) is 25.0 Å². The van der Waals surface area contributed by atoms with Crippen LogP contribution >= 0.6 is 35.7 Å². The summed E-state index contributed by atoms with van der Waals surface area (Å²) in [7, 11) is 0. The molecule has 1 aromatic rings. The second kappa shape index (κ2) is 8.83. The zero-order valence-electron chi connectivity index (χ0n) is 14.4. The van der Waals surface area contributed by atoms with Crippen molar-refractivity contribution in [3.05, 3.63) is 40.3 Å². The van der Waals surface area contributed by atoms with Crippen LogP contribution in [0.1, 0.15) is 24.0 Å². The van der Waals surface area contributed by atoms with E-state index < -0.39 is 0 Å². The van der Waals surface area contributed by atoms with Crippen molar-refractivity contribution in [1.29, 1.82) is 0 Å². The quantitative estimate of drug-likeness (QED) is 0.602. The van der Waals surface area contributed by atoms with E-state index in [2.05, 4.69) is 10.3 Å². The summed E-state index contributed by atoms with van der Waals surface area (Å²) in [5.41, 5.74) is 2.15. The monoisotopic (exact) mass is 405 g/mol. The largest absolute Gasteiger partial charge is 0.305 e. The highest BCUT2D eigenvalue weighted by Crippen LogP contribution is 2.32. The Labute approximate surface area is 166 Å². The van der Waals surface area contributed by atoms with E-state index in [0.717, 1.165) is 17.9 Å². The van der Waals surface area contributed by atoms with E-state index in [1.165, 1.54) is 17.3 Å². The van der Waals surface area contributed by atoms with Gasteiger partial charge >= 0.3 is 0 Å². The molecule has 26 heavy (non-hydrogen) atoms. The fraction of sp³-hybridized carbons (Fsp3) is 0.333. The molecule has 0 unspecified atom stereocenters. The van der Waals surface area contributed by atoms with E-state index in [-0.39, 0.29) is 11.8 Å². The van der Waals surface area contributed by atoms with Crippen molar-refractivity contribution in [1.82, 2.24) is 10.2 Å². The first-order chi connectivity index (χ1) is 12.5. The summed E-state index contributed by atoms with van der Waals surface area (Å²) in [6.45, 7) is 3.23. The molecule has 0 atom stereocenters. The van der Waals surface area contributed by atoms with Gasteiger partial charge in [0, 0.05) is 18.7 Å². The summed E-state index contributed by atoms with van der Waals surface area (Å²) in [6.07, 6.45) is 2.77. The lowest BCUT2D eigenvalue weighted by atomic mass is 10.1. The van der Waals surface area contributed by atoms with E-state index in [4.69, 9.17) is 12.2 Å². The van der Waals surface area contributed by atoms with Crippen molar-refractivity contribution in [2.24, 2.45) is 4.99 Å². The average molecular weight is 406 g/mol. The molecule has 1 aromatic carbocycles. The molecule has 0 aliphatic carbocycles. The molecule has 0 radical (unpaired) electrons. The van der Waals surface area contributed by atoms with Gasteiger partial charge in [0.05, 0.1) is 11.4 Å². The normalized spacial score (nSPS) is 18.6. The number of thiocarbonyl (C=S) groups is 1. The average Bonchev–Trinajstić information content (AvgIpc) is 3.20. The van der Waals surface area contributed by atoms with Gasteiger partial charge < -0.3 is 5.32 Å². The Balaban J connectivity index is 1.52. The third-order valence-corrected chi connectivity index (χ3v) is 6.14. The molecule has 1 N–H and O–H groups in total. The van der Waals surface area contributed by atoms with Crippen molar-refractivity contribution in [3.8, 4) is 0 Å². The van der Waals surface area contributed by atoms with Gasteiger partial charge in [-0.2, -0.15) is 0 Å². The van der Waals surface area contributed by atoms with Gasteiger partial charge in [-0.3, -0.25) is 19.5 Å². The molecular formula is C18H19N3O2S3. The van der Waals surface area contributed by atoms with Crippen LogP contribution in [0, 0.1) is 6.92 Å². The Morgan fingerprint density at radius 1 is 1.38 bits per heavy atom. The number of aryl methyl sites for hydroxylation is 1. The number of carbonyl (C=O) groups excluding carboxylic acids is 2. The van der Waals surface area contributed by atoms with Gasteiger partial charge in [0.1, 0.15) is 4.32 Å².